The molecule has 110 valence electrons. The van der Waals surface area contributed by atoms with E-state index >= 15 is 0 Å². The molecule has 0 atom stereocenters. The van der Waals surface area contributed by atoms with Crippen molar-refractivity contribution in [3.63, 3.8) is 0 Å². The SMILES string of the molecule is NC(=O)CNCCS(=O)(=O)c1cccc(/C(N)=N/O)c1. The highest BCUT2D eigenvalue weighted by atomic mass is 32.2. The van der Waals surface area contributed by atoms with Crippen LogP contribution in [0.1, 0.15) is 5.56 Å². The van der Waals surface area contributed by atoms with Crippen LogP contribution in [0.2, 0.25) is 0 Å². The van der Waals surface area contributed by atoms with Crippen LogP contribution in [-0.4, -0.2) is 44.2 Å². The first kappa shape index (κ1) is 15.9. The largest absolute Gasteiger partial charge is 0.409 e. The van der Waals surface area contributed by atoms with E-state index in [-0.39, 0.29) is 29.6 Å². The average molecular weight is 300 g/mol. The van der Waals surface area contributed by atoms with Gasteiger partial charge in [-0.15, -0.1) is 0 Å². The standard InChI is InChI=1S/C11H16N4O4S/c12-10(16)7-14-4-5-20(18,19)9-3-1-2-8(6-9)11(13)15-17/h1-3,6,14,17H,4-5,7H2,(H2,12,16)(H2,13,15). The number of amidine groups is 1. The van der Waals surface area contributed by atoms with Crippen molar-refractivity contribution in [1.82, 2.24) is 5.32 Å². The number of carbonyl (C=O) groups excluding carboxylic acids is 1. The van der Waals surface area contributed by atoms with Gasteiger partial charge >= 0.3 is 0 Å². The van der Waals surface area contributed by atoms with Crippen LogP contribution in [0.5, 0.6) is 0 Å². The maximum absolute atomic E-state index is 12.0. The van der Waals surface area contributed by atoms with Crippen LogP contribution in [0.25, 0.3) is 0 Å². The van der Waals surface area contributed by atoms with E-state index in [2.05, 4.69) is 10.5 Å². The number of sulfone groups is 1. The molecule has 0 aliphatic rings. The molecule has 0 radical (unpaired) electrons. The van der Waals surface area contributed by atoms with E-state index in [1.165, 1.54) is 24.3 Å². The molecule has 6 N–H and O–H groups in total. The van der Waals surface area contributed by atoms with E-state index < -0.39 is 15.7 Å². The maximum Gasteiger partial charge on any atom is 0.231 e. The van der Waals surface area contributed by atoms with Gasteiger partial charge in [0.25, 0.3) is 0 Å². The normalized spacial score (nSPS) is 12.3. The number of benzene rings is 1. The van der Waals surface area contributed by atoms with Crippen LogP contribution in [0.15, 0.2) is 34.3 Å². The monoisotopic (exact) mass is 300 g/mol. The summed E-state index contributed by atoms with van der Waals surface area (Å²) >= 11 is 0. The van der Waals surface area contributed by atoms with Crippen LogP contribution in [-0.2, 0) is 14.6 Å². The minimum atomic E-state index is -3.53. The maximum atomic E-state index is 12.0. The van der Waals surface area contributed by atoms with E-state index in [9.17, 15) is 13.2 Å². The zero-order valence-corrected chi connectivity index (χ0v) is 11.4. The average Bonchev–Trinajstić information content (AvgIpc) is 2.42. The lowest BCUT2D eigenvalue weighted by molar-refractivity contribution is -0.117. The van der Waals surface area contributed by atoms with Crippen molar-refractivity contribution in [3.8, 4) is 0 Å². The van der Waals surface area contributed by atoms with E-state index in [0.717, 1.165) is 0 Å². The third kappa shape index (κ3) is 4.52. The number of rotatable bonds is 7. The van der Waals surface area contributed by atoms with Crippen molar-refractivity contribution < 1.29 is 18.4 Å². The summed E-state index contributed by atoms with van der Waals surface area (Å²) in [5.74, 6) is -0.926. The highest BCUT2D eigenvalue weighted by Crippen LogP contribution is 2.13. The summed E-state index contributed by atoms with van der Waals surface area (Å²) in [4.78, 5) is 10.6. The Morgan fingerprint density at radius 2 is 2.05 bits per heavy atom. The number of nitrogens with one attached hydrogen (secondary N) is 1. The molecule has 0 aliphatic carbocycles. The van der Waals surface area contributed by atoms with E-state index in [0.29, 0.717) is 5.56 Å². The molecule has 0 saturated heterocycles. The van der Waals surface area contributed by atoms with Gasteiger partial charge in [-0.2, -0.15) is 0 Å². The molecule has 0 unspecified atom stereocenters. The van der Waals surface area contributed by atoms with Crippen molar-refractivity contribution in [1.29, 1.82) is 0 Å². The molecule has 0 aliphatic heterocycles. The smallest absolute Gasteiger partial charge is 0.231 e. The van der Waals surface area contributed by atoms with Gasteiger partial charge in [0.05, 0.1) is 17.2 Å². The van der Waals surface area contributed by atoms with Crippen molar-refractivity contribution in [3.05, 3.63) is 29.8 Å². The Labute approximate surface area is 116 Å². The first-order valence-electron chi connectivity index (χ1n) is 5.66. The third-order valence-electron chi connectivity index (χ3n) is 2.44. The van der Waals surface area contributed by atoms with Crippen LogP contribution in [0.3, 0.4) is 0 Å². The molecule has 0 saturated carbocycles. The summed E-state index contributed by atoms with van der Waals surface area (Å²) in [6, 6.07) is 5.76. The summed E-state index contributed by atoms with van der Waals surface area (Å²) in [6.45, 7) is 0.0126. The lowest BCUT2D eigenvalue weighted by atomic mass is 10.2. The zero-order chi connectivity index (χ0) is 15.2. The number of nitrogens with zero attached hydrogens (tertiary/aromatic N) is 1. The van der Waals surface area contributed by atoms with E-state index in [1.807, 2.05) is 0 Å². The lowest BCUT2D eigenvalue weighted by Gasteiger charge is -2.07. The number of nitrogens with two attached hydrogens (primary N) is 2. The second-order valence-electron chi connectivity index (χ2n) is 3.98. The van der Waals surface area contributed by atoms with Crippen LogP contribution < -0.4 is 16.8 Å². The van der Waals surface area contributed by atoms with Gasteiger partial charge < -0.3 is 22.0 Å². The molecule has 0 bridgehead atoms. The molecule has 0 aromatic heterocycles. The number of hydrogen-bond donors (Lipinski definition) is 4. The number of carbonyl (C=O) groups is 1. The predicted octanol–water partition coefficient (Wildman–Crippen LogP) is -1.37. The second-order valence-corrected chi connectivity index (χ2v) is 6.08. The van der Waals surface area contributed by atoms with Crippen LogP contribution in [0.4, 0.5) is 0 Å². The topological polar surface area (TPSA) is 148 Å². The number of primary amides is 1. The fraction of sp³-hybridized carbons (Fsp3) is 0.273. The molecule has 1 aromatic rings. The Morgan fingerprint density at radius 1 is 1.35 bits per heavy atom. The predicted molar refractivity (Wildman–Crippen MR) is 73.1 cm³/mol. The summed E-state index contributed by atoms with van der Waals surface area (Å²) in [7, 11) is -3.53. The Balaban J connectivity index is 2.80. The lowest BCUT2D eigenvalue weighted by Crippen LogP contribution is -2.32. The number of amides is 1. The summed E-state index contributed by atoms with van der Waals surface area (Å²) in [6.07, 6.45) is 0. The molecule has 1 aromatic carbocycles. The van der Waals surface area contributed by atoms with Gasteiger partial charge in [0.1, 0.15) is 0 Å². The Hall–Kier alpha value is -2.13. The quantitative estimate of drug-likeness (QED) is 0.160. The summed E-state index contributed by atoms with van der Waals surface area (Å²) in [5.41, 5.74) is 10.6. The first-order valence-corrected chi connectivity index (χ1v) is 7.32. The summed E-state index contributed by atoms with van der Waals surface area (Å²) < 4.78 is 24.1. The van der Waals surface area contributed by atoms with Gasteiger partial charge in [0.2, 0.25) is 5.91 Å². The minimum absolute atomic E-state index is 0.0578. The van der Waals surface area contributed by atoms with Gasteiger partial charge in [-0.05, 0) is 12.1 Å². The van der Waals surface area contributed by atoms with Crippen LogP contribution >= 0.6 is 0 Å². The molecule has 0 heterocycles. The van der Waals surface area contributed by atoms with Gasteiger partial charge in [-0.3, -0.25) is 4.79 Å². The third-order valence-corrected chi connectivity index (χ3v) is 4.16. The van der Waals surface area contributed by atoms with Crippen molar-refractivity contribution >= 4 is 21.6 Å². The Morgan fingerprint density at radius 3 is 2.65 bits per heavy atom. The first-order chi connectivity index (χ1) is 9.36. The van der Waals surface area contributed by atoms with Crippen LogP contribution in [0, 0.1) is 0 Å². The van der Waals surface area contributed by atoms with Crippen molar-refractivity contribution in [2.75, 3.05) is 18.8 Å². The molecule has 1 rings (SSSR count). The molecule has 0 spiro atoms. The molecule has 1 amide bonds. The fourth-order valence-electron chi connectivity index (χ4n) is 1.44. The highest BCUT2D eigenvalue weighted by molar-refractivity contribution is 7.91. The number of oxime groups is 1. The van der Waals surface area contributed by atoms with E-state index in [1.54, 1.807) is 0 Å². The van der Waals surface area contributed by atoms with Gasteiger partial charge in [0.15, 0.2) is 15.7 Å². The minimum Gasteiger partial charge on any atom is -0.409 e. The van der Waals surface area contributed by atoms with Gasteiger partial charge in [-0.25, -0.2) is 8.42 Å². The van der Waals surface area contributed by atoms with Gasteiger partial charge in [0, 0.05) is 12.1 Å². The van der Waals surface area contributed by atoms with Gasteiger partial charge in [-0.1, -0.05) is 17.3 Å². The highest BCUT2D eigenvalue weighted by Gasteiger charge is 2.15. The van der Waals surface area contributed by atoms with E-state index in [4.69, 9.17) is 16.7 Å². The zero-order valence-electron chi connectivity index (χ0n) is 10.6. The summed E-state index contributed by atoms with van der Waals surface area (Å²) in [5, 5.41) is 14.0. The van der Waals surface area contributed by atoms with Crippen molar-refractivity contribution in [2.45, 2.75) is 4.90 Å². The molecule has 20 heavy (non-hydrogen) atoms. The molecule has 0 fully saturated rings. The Kier molecular flexibility index (Phi) is 5.47. The molecular formula is C11H16N4O4S. The van der Waals surface area contributed by atoms with Crippen molar-refractivity contribution in [2.24, 2.45) is 16.6 Å². The molecule has 9 heteroatoms. The number of hydrogen-bond acceptors (Lipinski definition) is 6. The fourth-order valence-corrected chi connectivity index (χ4v) is 2.68. The Bertz CT molecular complexity index is 613. The molecule has 8 nitrogen and oxygen atoms in total. The molecular weight excluding hydrogens is 284 g/mol. The second kappa shape index (κ2) is 6.87.